The average molecular weight is 491 g/mol. The molecule has 3 aromatic carbocycles. The molecule has 0 aliphatic carbocycles. The molecule has 0 aliphatic heterocycles. The number of nitrogens with zero attached hydrogens (tertiary/aromatic N) is 2. The van der Waals surface area contributed by atoms with Gasteiger partial charge in [0, 0.05) is 23.7 Å². The summed E-state index contributed by atoms with van der Waals surface area (Å²) in [6, 6.07) is 21.3. The van der Waals surface area contributed by atoms with Crippen molar-refractivity contribution in [3.05, 3.63) is 93.5 Å². The lowest BCUT2D eigenvalue weighted by atomic mass is 10.1. The van der Waals surface area contributed by atoms with E-state index >= 15 is 0 Å². The predicted molar refractivity (Wildman–Crippen MR) is 125 cm³/mol. The van der Waals surface area contributed by atoms with Crippen LogP contribution in [0.15, 0.2) is 76.3 Å². The first-order valence-corrected chi connectivity index (χ1v) is 10.4. The molecule has 0 fully saturated rings. The van der Waals surface area contributed by atoms with E-state index in [-0.39, 0.29) is 18.4 Å². The van der Waals surface area contributed by atoms with E-state index in [0.29, 0.717) is 22.6 Å². The van der Waals surface area contributed by atoms with Crippen molar-refractivity contribution in [3.63, 3.8) is 0 Å². The molecule has 0 saturated carbocycles. The van der Waals surface area contributed by atoms with Crippen LogP contribution in [0.3, 0.4) is 0 Å². The number of rotatable bonds is 7. The highest BCUT2D eigenvalue weighted by molar-refractivity contribution is 9.10. The largest absolute Gasteiger partial charge is 0.488 e. The predicted octanol–water partition coefficient (Wildman–Crippen LogP) is 4.62. The second-order valence-corrected chi connectivity index (χ2v) is 7.56. The molecule has 3 rings (SSSR count). The highest BCUT2D eigenvalue weighted by atomic mass is 79.9. The van der Waals surface area contributed by atoms with Gasteiger partial charge in [0.25, 0.3) is 5.91 Å². The van der Waals surface area contributed by atoms with Gasteiger partial charge >= 0.3 is 0 Å². The summed E-state index contributed by atoms with van der Waals surface area (Å²) in [4.78, 5) is 23.2. The van der Waals surface area contributed by atoms with Crippen LogP contribution in [-0.4, -0.2) is 18.0 Å². The van der Waals surface area contributed by atoms with Gasteiger partial charge in [-0.15, -0.1) is 0 Å². The van der Waals surface area contributed by atoms with Gasteiger partial charge in [-0.1, -0.05) is 18.2 Å². The van der Waals surface area contributed by atoms with Crippen molar-refractivity contribution >= 4 is 39.6 Å². The molecule has 0 unspecified atom stereocenters. The second-order valence-electron chi connectivity index (χ2n) is 6.71. The fourth-order valence-corrected chi connectivity index (χ4v) is 3.27. The lowest BCUT2D eigenvalue weighted by Crippen LogP contribution is -2.17. The fourth-order valence-electron chi connectivity index (χ4n) is 2.76. The van der Waals surface area contributed by atoms with Gasteiger partial charge in [-0.25, -0.2) is 5.43 Å². The number of carbonyl (C=O) groups is 2. The molecular weight excluding hydrogens is 472 g/mol. The minimum absolute atomic E-state index is 0.179. The van der Waals surface area contributed by atoms with Crippen molar-refractivity contribution in [3.8, 4) is 11.8 Å². The summed E-state index contributed by atoms with van der Waals surface area (Å²) in [7, 11) is 0. The summed E-state index contributed by atoms with van der Waals surface area (Å²) >= 11 is 3.47. The van der Waals surface area contributed by atoms with Crippen LogP contribution in [0.4, 0.5) is 5.69 Å². The molecule has 160 valence electrons. The van der Waals surface area contributed by atoms with Gasteiger partial charge in [-0.3, -0.25) is 9.59 Å². The van der Waals surface area contributed by atoms with Crippen LogP contribution in [-0.2, 0) is 11.4 Å². The van der Waals surface area contributed by atoms with Crippen molar-refractivity contribution in [1.29, 1.82) is 5.26 Å². The van der Waals surface area contributed by atoms with Crippen LogP contribution in [0.5, 0.6) is 5.75 Å². The summed E-state index contributed by atoms with van der Waals surface area (Å²) in [5.74, 6) is 0.0744. The second kappa shape index (κ2) is 10.9. The van der Waals surface area contributed by atoms with E-state index in [1.54, 1.807) is 42.5 Å². The number of hydrogen-bond acceptors (Lipinski definition) is 5. The van der Waals surface area contributed by atoms with E-state index in [2.05, 4.69) is 37.8 Å². The van der Waals surface area contributed by atoms with Crippen molar-refractivity contribution in [2.45, 2.75) is 13.5 Å². The maximum Gasteiger partial charge on any atom is 0.271 e. The number of nitriles is 1. The summed E-state index contributed by atoms with van der Waals surface area (Å²) in [5, 5.41) is 15.8. The third-order valence-corrected chi connectivity index (χ3v) is 4.94. The van der Waals surface area contributed by atoms with Crippen LogP contribution in [0.2, 0.25) is 0 Å². The number of ether oxygens (including phenoxy) is 1. The minimum Gasteiger partial charge on any atom is -0.488 e. The van der Waals surface area contributed by atoms with Crippen molar-refractivity contribution < 1.29 is 14.3 Å². The Hall–Kier alpha value is -3.96. The number of anilines is 1. The normalized spacial score (nSPS) is 10.4. The Morgan fingerprint density at radius 2 is 1.88 bits per heavy atom. The topological polar surface area (TPSA) is 104 Å². The first-order valence-electron chi connectivity index (χ1n) is 9.57. The number of carbonyl (C=O) groups excluding carboxylic acids is 2. The van der Waals surface area contributed by atoms with E-state index in [4.69, 9.17) is 10.00 Å². The number of halogens is 1. The Labute approximate surface area is 193 Å². The number of nitrogens with one attached hydrogen (secondary N) is 2. The Morgan fingerprint density at radius 3 is 2.56 bits per heavy atom. The molecule has 32 heavy (non-hydrogen) atoms. The monoisotopic (exact) mass is 490 g/mol. The zero-order valence-electron chi connectivity index (χ0n) is 17.1. The first-order chi connectivity index (χ1) is 15.5. The third kappa shape index (κ3) is 6.27. The zero-order valence-corrected chi connectivity index (χ0v) is 18.7. The quantitative estimate of drug-likeness (QED) is 0.372. The lowest BCUT2D eigenvalue weighted by molar-refractivity contribution is -0.114. The number of hydrogen-bond donors (Lipinski definition) is 2. The molecule has 0 radical (unpaired) electrons. The van der Waals surface area contributed by atoms with Gasteiger partial charge in [0.15, 0.2) is 0 Å². The van der Waals surface area contributed by atoms with Gasteiger partial charge in [0.1, 0.15) is 12.4 Å². The summed E-state index contributed by atoms with van der Waals surface area (Å²) < 4.78 is 6.53. The Bertz CT molecular complexity index is 1200. The Morgan fingerprint density at radius 1 is 1.12 bits per heavy atom. The highest BCUT2D eigenvalue weighted by Gasteiger charge is 2.07. The molecule has 3 aromatic rings. The van der Waals surface area contributed by atoms with Crippen molar-refractivity contribution in [1.82, 2.24) is 5.43 Å². The van der Waals surface area contributed by atoms with Crippen LogP contribution >= 0.6 is 15.9 Å². The molecule has 0 bridgehead atoms. The van der Waals surface area contributed by atoms with Crippen molar-refractivity contribution in [2.75, 3.05) is 5.32 Å². The van der Waals surface area contributed by atoms with Gasteiger partial charge in [-0.2, -0.15) is 10.4 Å². The van der Waals surface area contributed by atoms with E-state index in [1.807, 2.05) is 24.3 Å². The smallest absolute Gasteiger partial charge is 0.271 e. The van der Waals surface area contributed by atoms with E-state index in [1.165, 1.54) is 13.1 Å². The Kier molecular flexibility index (Phi) is 7.73. The third-order valence-electron chi connectivity index (χ3n) is 4.32. The molecule has 7 nitrogen and oxygen atoms in total. The van der Waals surface area contributed by atoms with Gasteiger partial charge < -0.3 is 10.1 Å². The molecule has 0 heterocycles. The number of hydrazone groups is 1. The molecule has 0 aromatic heterocycles. The van der Waals surface area contributed by atoms with Crippen LogP contribution in [0.25, 0.3) is 0 Å². The van der Waals surface area contributed by atoms with Crippen LogP contribution in [0, 0.1) is 11.3 Å². The maximum absolute atomic E-state index is 12.2. The SMILES string of the molecule is CC(=O)Nc1ccc(C(=O)NN=Cc2ccc(OCc3ccccc3C#N)c(Br)c2)cc1. The maximum atomic E-state index is 12.2. The molecule has 0 spiro atoms. The molecule has 0 saturated heterocycles. The molecule has 2 amide bonds. The van der Waals surface area contributed by atoms with Gasteiger partial charge in [-0.05, 0) is 70.0 Å². The van der Waals surface area contributed by atoms with E-state index in [9.17, 15) is 9.59 Å². The van der Waals surface area contributed by atoms with E-state index < -0.39 is 0 Å². The zero-order chi connectivity index (χ0) is 22.9. The van der Waals surface area contributed by atoms with Crippen LogP contribution in [0.1, 0.15) is 34.0 Å². The van der Waals surface area contributed by atoms with Crippen LogP contribution < -0.4 is 15.5 Å². The summed E-state index contributed by atoms with van der Waals surface area (Å²) in [6.07, 6.45) is 1.52. The summed E-state index contributed by atoms with van der Waals surface area (Å²) in [5.41, 5.74) is 5.63. The van der Waals surface area contributed by atoms with E-state index in [0.717, 1.165) is 15.6 Å². The lowest BCUT2D eigenvalue weighted by Gasteiger charge is -2.10. The molecular formula is C24H19BrN4O3. The fraction of sp³-hybridized carbons (Fsp3) is 0.0833. The minimum atomic E-state index is -0.370. The Balaban J connectivity index is 1.57. The molecule has 8 heteroatoms. The molecule has 2 N–H and O–H groups in total. The van der Waals surface area contributed by atoms with Crippen molar-refractivity contribution in [2.24, 2.45) is 5.10 Å². The molecule has 0 atom stereocenters. The standard InChI is InChI=1S/C24H19BrN4O3/c1-16(30)28-21-9-7-18(8-10-21)24(31)29-27-14-17-6-11-23(22(25)12-17)32-15-20-5-3-2-4-19(20)13-26/h2-12,14H,15H2,1H3,(H,28,30)(H,29,31). The summed E-state index contributed by atoms with van der Waals surface area (Å²) in [6.45, 7) is 1.69. The van der Waals surface area contributed by atoms with Gasteiger partial charge in [0.2, 0.25) is 5.91 Å². The molecule has 0 aliphatic rings. The number of benzene rings is 3. The number of amides is 2. The highest BCUT2D eigenvalue weighted by Crippen LogP contribution is 2.26. The first kappa shape index (κ1) is 22.7. The van der Waals surface area contributed by atoms with Gasteiger partial charge in [0.05, 0.1) is 22.3 Å². The average Bonchev–Trinajstić information content (AvgIpc) is 2.78.